The first kappa shape index (κ1) is 15.2. The number of aryl methyl sites for hydroxylation is 1. The van der Waals surface area contributed by atoms with Crippen molar-refractivity contribution in [3.63, 3.8) is 0 Å². The van der Waals surface area contributed by atoms with Gasteiger partial charge in [-0.25, -0.2) is 9.97 Å². The molecule has 6 heteroatoms. The van der Waals surface area contributed by atoms with Crippen LogP contribution >= 0.6 is 0 Å². The molecule has 0 bridgehead atoms. The Morgan fingerprint density at radius 2 is 1.95 bits per heavy atom. The summed E-state index contributed by atoms with van der Waals surface area (Å²) < 4.78 is 0. The van der Waals surface area contributed by atoms with E-state index in [1.165, 1.54) is 26.7 Å². The van der Waals surface area contributed by atoms with Crippen molar-refractivity contribution >= 4 is 11.7 Å². The van der Waals surface area contributed by atoms with Crippen LogP contribution in [0, 0.1) is 6.92 Å². The number of nitrogens with zero attached hydrogens (tertiary/aromatic N) is 3. The molecule has 22 heavy (non-hydrogen) atoms. The predicted molar refractivity (Wildman–Crippen MR) is 83.7 cm³/mol. The number of anilines is 1. The second-order valence-corrected chi connectivity index (χ2v) is 6.81. The first-order valence-electron chi connectivity index (χ1n) is 7.99. The summed E-state index contributed by atoms with van der Waals surface area (Å²) in [5.74, 6) is 1.48. The van der Waals surface area contributed by atoms with Crippen LogP contribution in [0.25, 0.3) is 0 Å². The zero-order valence-electron chi connectivity index (χ0n) is 13.5. The topological polar surface area (TPSA) is 78.4 Å². The monoisotopic (exact) mass is 304 g/mol. The highest BCUT2D eigenvalue weighted by Crippen LogP contribution is 2.28. The molecule has 6 nitrogen and oxygen atoms in total. The molecule has 2 heterocycles. The summed E-state index contributed by atoms with van der Waals surface area (Å²) >= 11 is 0. The van der Waals surface area contributed by atoms with E-state index >= 15 is 0 Å². The molecule has 1 amide bonds. The quantitative estimate of drug-likeness (QED) is 0.873. The smallest absolute Gasteiger partial charge is 0.253 e. The number of fused-ring (bicyclic) bond motifs is 1. The fourth-order valence-corrected chi connectivity index (χ4v) is 2.85. The standard InChI is InChI=1S/C16H24N4O2/c1-10-17-13-7-9-20(15(21)16(2,3)22)8-6-12(13)14(18-10)19-11-4-5-11/h11,22H,4-9H2,1-3H3,(H,17,18,19). The molecule has 1 aliphatic carbocycles. The van der Waals surface area contributed by atoms with Crippen LogP contribution in [0.2, 0.25) is 0 Å². The van der Waals surface area contributed by atoms with Gasteiger partial charge in [-0.2, -0.15) is 0 Å². The Labute approximate surface area is 131 Å². The second kappa shape index (κ2) is 5.50. The lowest BCUT2D eigenvalue weighted by molar-refractivity contribution is -0.147. The highest BCUT2D eigenvalue weighted by Gasteiger charge is 2.32. The fraction of sp³-hybridized carbons (Fsp3) is 0.688. The van der Waals surface area contributed by atoms with Gasteiger partial charge in [-0.1, -0.05) is 0 Å². The minimum atomic E-state index is -1.33. The summed E-state index contributed by atoms with van der Waals surface area (Å²) in [6.45, 7) is 6.18. The summed E-state index contributed by atoms with van der Waals surface area (Å²) in [7, 11) is 0. The minimum Gasteiger partial charge on any atom is -0.381 e. The molecule has 0 unspecified atom stereocenters. The van der Waals surface area contributed by atoms with E-state index in [9.17, 15) is 9.90 Å². The van der Waals surface area contributed by atoms with Crippen molar-refractivity contribution in [2.45, 2.75) is 58.1 Å². The zero-order chi connectivity index (χ0) is 15.9. The molecule has 1 saturated carbocycles. The maximum atomic E-state index is 12.3. The van der Waals surface area contributed by atoms with Crippen molar-refractivity contribution in [1.82, 2.24) is 14.9 Å². The van der Waals surface area contributed by atoms with E-state index in [0.29, 0.717) is 25.6 Å². The predicted octanol–water partition coefficient (Wildman–Crippen LogP) is 1.06. The average molecular weight is 304 g/mol. The molecule has 3 rings (SSSR count). The van der Waals surface area contributed by atoms with E-state index in [1.807, 2.05) is 6.92 Å². The highest BCUT2D eigenvalue weighted by atomic mass is 16.3. The number of aromatic nitrogens is 2. The van der Waals surface area contributed by atoms with Gasteiger partial charge in [0.2, 0.25) is 0 Å². The van der Waals surface area contributed by atoms with Crippen LogP contribution in [0.15, 0.2) is 0 Å². The SMILES string of the molecule is Cc1nc2c(c(NC3CC3)n1)CCN(C(=O)C(C)(C)O)CC2. The van der Waals surface area contributed by atoms with E-state index in [4.69, 9.17) is 0 Å². The van der Waals surface area contributed by atoms with Crippen molar-refractivity contribution in [3.05, 3.63) is 17.1 Å². The van der Waals surface area contributed by atoms with Crippen LogP contribution in [-0.4, -0.2) is 50.6 Å². The third-order valence-corrected chi connectivity index (χ3v) is 4.18. The van der Waals surface area contributed by atoms with Gasteiger partial charge in [0, 0.05) is 31.1 Å². The van der Waals surface area contributed by atoms with Gasteiger partial charge < -0.3 is 15.3 Å². The molecule has 0 radical (unpaired) electrons. The summed E-state index contributed by atoms with van der Waals surface area (Å²) in [5.41, 5.74) is 0.831. The Hall–Kier alpha value is -1.69. The summed E-state index contributed by atoms with van der Waals surface area (Å²) in [4.78, 5) is 23.1. The van der Waals surface area contributed by atoms with Gasteiger partial charge in [-0.15, -0.1) is 0 Å². The second-order valence-electron chi connectivity index (χ2n) is 6.81. The van der Waals surface area contributed by atoms with Crippen molar-refractivity contribution in [2.24, 2.45) is 0 Å². The molecule has 1 aromatic heterocycles. The van der Waals surface area contributed by atoms with Gasteiger partial charge in [-0.3, -0.25) is 4.79 Å². The number of rotatable bonds is 3. The number of hydrogen-bond acceptors (Lipinski definition) is 5. The number of amides is 1. The first-order valence-corrected chi connectivity index (χ1v) is 7.99. The van der Waals surface area contributed by atoms with E-state index < -0.39 is 5.60 Å². The van der Waals surface area contributed by atoms with E-state index in [0.717, 1.165) is 29.3 Å². The average Bonchev–Trinajstić information content (AvgIpc) is 3.23. The van der Waals surface area contributed by atoms with Crippen LogP contribution < -0.4 is 5.32 Å². The lowest BCUT2D eigenvalue weighted by Gasteiger charge is -2.27. The number of carbonyl (C=O) groups excluding carboxylic acids is 1. The summed E-state index contributed by atoms with van der Waals surface area (Å²) in [6.07, 6.45) is 3.83. The molecule has 1 fully saturated rings. The Balaban J connectivity index is 1.82. The molecule has 120 valence electrons. The highest BCUT2D eigenvalue weighted by molar-refractivity contribution is 5.84. The van der Waals surface area contributed by atoms with Crippen molar-refractivity contribution < 1.29 is 9.90 Å². The Morgan fingerprint density at radius 1 is 1.27 bits per heavy atom. The van der Waals surface area contributed by atoms with Crippen LogP contribution in [-0.2, 0) is 17.6 Å². The normalized spacial score (nSPS) is 18.6. The molecule has 2 N–H and O–H groups in total. The van der Waals surface area contributed by atoms with E-state index in [2.05, 4.69) is 15.3 Å². The van der Waals surface area contributed by atoms with Gasteiger partial charge in [0.1, 0.15) is 17.2 Å². The zero-order valence-corrected chi connectivity index (χ0v) is 13.5. The van der Waals surface area contributed by atoms with Gasteiger partial charge in [-0.05, 0) is 40.0 Å². The number of hydrogen-bond donors (Lipinski definition) is 2. The van der Waals surface area contributed by atoms with Crippen molar-refractivity contribution in [2.75, 3.05) is 18.4 Å². The van der Waals surface area contributed by atoms with Gasteiger partial charge in [0.15, 0.2) is 0 Å². The lowest BCUT2D eigenvalue weighted by atomic mass is 10.1. The van der Waals surface area contributed by atoms with Gasteiger partial charge >= 0.3 is 0 Å². The molecule has 0 spiro atoms. The number of carbonyl (C=O) groups is 1. The first-order chi connectivity index (χ1) is 10.3. The molecule has 1 aromatic rings. The molecule has 1 aliphatic heterocycles. The third-order valence-electron chi connectivity index (χ3n) is 4.18. The molecular weight excluding hydrogens is 280 g/mol. The van der Waals surface area contributed by atoms with Crippen molar-refractivity contribution in [3.8, 4) is 0 Å². The Bertz CT molecular complexity index is 591. The summed E-state index contributed by atoms with van der Waals surface area (Å²) in [6, 6.07) is 0.538. The minimum absolute atomic E-state index is 0.221. The number of nitrogens with one attached hydrogen (secondary N) is 1. The fourth-order valence-electron chi connectivity index (χ4n) is 2.85. The maximum Gasteiger partial charge on any atom is 0.253 e. The van der Waals surface area contributed by atoms with Crippen LogP contribution in [0.5, 0.6) is 0 Å². The summed E-state index contributed by atoms with van der Waals surface area (Å²) in [5, 5.41) is 13.4. The third kappa shape index (κ3) is 3.21. The molecule has 0 aromatic carbocycles. The van der Waals surface area contributed by atoms with Gasteiger partial charge in [0.25, 0.3) is 5.91 Å². The van der Waals surface area contributed by atoms with E-state index in [-0.39, 0.29) is 5.91 Å². The van der Waals surface area contributed by atoms with Crippen LogP contribution in [0.3, 0.4) is 0 Å². The molecule has 0 atom stereocenters. The molecular formula is C16H24N4O2. The largest absolute Gasteiger partial charge is 0.381 e. The van der Waals surface area contributed by atoms with Gasteiger partial charge in [0.05, 0.1) is 5.69 Å². The lowest BCUT2D eigenvalue weighted by Crippen LogP contribution is -2.46. The number of aliphatic hydroxyl groups is 1. The molecule has 2 aliphatic rings. The Morgan fingerprint density at radius 3 is 2.59 bits per heavy atom. The van der Waals surface area contributed by atoms with Crippen molar-refractivity contribution in [1.29, 1.82) is 0 Å². The van der Waals surface area contributed by atoms with E-state index in [1.54, 1.807) is 4.90 Å². The van der Waals surface area contributed by atoms with Crippen LogP contribution in [0.4, 0.5) is 5.82 Å². The Kier molecular flexibility index (Phi) is 3.80. The van der Waals surface area contributed by atoms with Crippen LogP contribution in [0.1, 0.15) is 43.8 Å². The maximum absolute atomic E-state index is 12.3. The molecule has 0 saturated heterocycles.